The molecule has 0 aromatic heterocycles. The Morgan fingerprint density at radius 2 is 1.78 bits per heavy atom. The molecule has 2 aromatic carbocycles. The Balaban J connectivity index is 1.74. The second kappa shape index (κ2) is 11.3. The summed E-state index contributed by atoms with van der Waals surface area (Å²) in [5.41, 5.74) is 1.48. The number of hydrogen-bond acceptors (Lipinski definition) is 4. The number of ether oxygens (including phenoxy) is 2. The van der Waals surface area contributed by atoms with Gasteiger partial charge in [0.1, 0.15) is 11.5 Å². The van der Waals surface area contributed by atoms with E-state index in [0.29, 0.717) is 16.5 Å². The summed E-state index contributed by atoms with van der Waals surface area (Å²) < 4.78 is 10.8. The predicted molar refractivity (Wildman–Crippen MR) is 111 cm³/mol. The summed E-state index contributed by atoms with van der Waals surface area (Å²) in [6.07, 6.45) is 4.74. The average Bonchev–Trinajstić information content (AvgIpc) is 2.67. The molecular weight excluding hydrogens is 364 g/mol. The highest BCUT2D eigenvalue weighted by Gasteiger charge is 2.06. The van der Waals surface area contributed by atoms with Crippen molar-refractivity contribution in [2.24, 2.45) is 0 Å². The lowest BCUT2D eigenvalue weighted by atomic mass is 10.2. The predicted octanol–water partition coefficient (Wildman–Crippen LogP) is 5.36. The van der Waals surface area contributed by atoms with E-state index in [9.17, 15) is 4.79 Å². The minimum atomic E-state index is -0.160. The molecule has 146 valence electrons. The van der Waals surface area contributed by atoms with Gasteiger partial charge in [-0.15, -0.1) is 0 Å². The van der Waals surface area contributed by atoms with E-state index in [0.717, 1.165) is 24.5 Å². The molecule has 0 saturated carbocycles. The molecule has 2 rings (SSSR count). The summed E-state index contributed by atoms with van der Waals surface area (Å²) >= 11 is 6.06. The highest BCUT2D eigenvalue weighted by molar-refractivity contribution is 6.32. The van der Waals surface area contributed by atoms with Crippen LogP contribution in [0.3, 0.4) is 0 Å². The molecule has 0 heterocycles. The van der Waals surface area contributed by atoms with Crippen LogP contribution in [0, 0.1) is 0 Å². The number of carbonyl (C=O) groups is 1. The molecule has 27 heavy (non-hydrogen) atoms. The largest absolute Gasteiger partial charge is 0.495 e. The zero-order valence-corrected chi connectivity index (χ0v) is 16.6. The molecule has 0 atom stereocenters. The first kappa shape index (κ1) is 20.9. The smallest absolute Gasteiger partial charge is 0.243 e. The van der Waals surface area contributed by atoms with Crippen molar-refractivity contribution in [3.05, 3.63) is 47.5 Å². The maximum Gasteiger partial charge on any atom is 0.243 e. The van der Waals surface area contributed by atoms with Gasteiger partial charge in [0.05, 0.1) is 25.3 Å². The summed E-state index contributed by atoms with van der Waals surface area (Å²) in [4.78, 5) is 12.1. The molecule has 0 aliphatic rings. The maximum atomic E-state index is 12.1. The van der Waals surface area contributed by atoms with Gasteiger partial charge in [-0.05, 0) is 48.9 Å². The summed E-state index contributed by atoms with van der Waals surface area (Å²) in [5.74, 6) is 1.25. The number of carbonyl (C=O) groups excluding carboxylic acids is 1. The second-order valence-corrected chi connectivity index (χ2v) is 6.59. The first-order chi connectivity index (χ1) is 13.1. The fraction of sp³-hybridized carbons (Fsp3) is 0.381. The van der Waals surface area contributed by atoms with Gasteiger partial charge in [-0.3, -0.25) is 4.79 Å². The zero-order valence-electron chi connectivity index (χ0n) is 15.9. The second-order valence-electron chi connectivity index (χ2n) is 6.18. The van der Waals surface area contributed by atoms with Crippen molar-refractivity contribution >= 4 is 28.9 Å². The van der Waals surface area contributed by atoms with Crippen molar-refractivity contribution < 1.29 is 14.3 Å². The van der Waals surface area contributed by atoms with Crippen LogP contribution in [0.25, 0.3) is 0 Å². The van der Waals surface area contributed by atoms with Crippen molar-refractivity contribution in [2.45, 2.75) is 32.6 Å². The third-order valence-corrected chi connectivity index (χ3v) is 4.30. The van der Waals surface area contributed by atoms with Gasteiger partial charge in [-0.2, -0.15) is 0 Å². The summed E-state index contributed by atoms with van der Waals surface area (Å²) in [6.45, 7) is 3.08. The molecule has 0 saturated heterocycles. The molecule has 1 amide bonds. The first-order valence-corrected chi connectivity index (χ1v) is 9.60. The SMILES string of the molecule is CCCCCCOc1ccc(NCC(=O)Nc2ccc(OC)c(Cl)c2)cc1. The molecule has 0 unspecified atom stereocenters. The van der Waals surface area contributed by atoms with Crippen LogP contribution in [0.4, 0.5) is 11.4 Å². The minimum absolute atomic E-state index is 0.154. The number of halogens is 1. The van der Waals surface area contributed by atoms with E-state index in [-0.39, 0.29) is 12.5 Å². The Morgan fingerprint density at radius 3 is 2.44 bits per heavy atom. The van der Waals surface area contributed by atoms with Gasteiger partial charge in [-0.1, -0.05) is 37.8 Å². The fourth-order valence-electron chi connectivity index (χ4n) is 2.52. The number of hydrogen-bond donors (Lipinski definition) is 2. The van der Waals surface area contributed by atoms with Gasteiger partial charge in [0.15, 0.2) is 0 Å². The third-order valence-electron chi connectivity index (χ3n) is 4.01. The summed E-state index contributed by atoms with van der Waals surface area (Å²) in [7, 11) is 1.55. The molecule has 0 aliphatic carbocycles. The van der Waals surface area contributed by atoms with Crippen molar-refractivity contribution in [3.8, 4) is 11.5 Å². The van der Waals surface area contributed by atoms with Crippen molar-refractivity contribution in [2.75, 3.05) is 30.9 Å². The molecule has 0 spiro atoms. The number of benzene rings is 2. The van der Waals surface area contributed by atoms with Crippen LogP contribution >= 0.6 is 11.6 Å². The number of nitrogens with one attached hydrogen (secondary N) is 2. The van der Waals surface area contributed by atoms with Crippen LogP contribution < -0.4 is 20.1 Å². The normalized spacial score (nSPS) is 10.3. The number of rotatable bonds is 11. The van der Waals surface area contributed by atoms with Crippen LogP contribution in [-0.4, -0.2) is 26.2 Å². The highest BCUT2D eigenvalue weighted by atomic mass is 35.5. The quantitative estimate of drug-likeness (QED) is 0.507. The lowest BCUT2D eigenvalue weighted by Gasteiger charge is -2.10. The molecule has 5 nitrogen and oxygen atoms in total. The average molecular weight is 391 g/mol. The van der Waals surface area contributed by atoms with Crippen LogP contribution in [-0.2, 0) is 4.79 Å². The zero-order chi connectivity index (χ0) is 19.5. The number of unbranched alkanes of at least 4 members (excludes halogenated alkanes) is 3. The molecule has 0 bridgehead atoms. The van der Waals surface area contributed by atoms with Crippen molar-refractivity contribution in [1.82, 2.24) is 0 Å². The molecule has 2 aromatic rings. The third kappa shape index (κ3) is 7.39. The van der Waals surface area contributed by atoms with E-state index < -0.39 is 0 Å². The Morgan fingerprint density at radius 1 is 1.04 bits per heavy atom. The van der Waals surface area contributed by atoms with Crippen LogP contribution in [0.2, 0.25) is 5.02 Å². The van der Waals surface area contributed by atoms with Gasteiger partial charge >= 0.3 is 0 Å². The molecule has 2 N–H and O–H groups in total. The lowest BCUT2D eigenvalue weighted by Crippen LogP contribution is -2.21. The number of methoxy groups -OCH3 is 1. The van der Waals surface area contributed by atoms with E-state index in [1.165, 1.54) is 19.3 Å². The number of amides is 1. The first-order valence-electron chi connectivity index (χ1n) is 9.22. The van der Waals surface area contributed by atoms with E-state index in [1.807, 2.05) is 24.3 Å². The van der Waals surface area contributed by atoms with E-state index in [4.69, 9.17) is 21.1 Å². The molecular formula is C21H27ClN2O3. The van der Waals surface area contributed by atoms with Crippen LogP contribution in [0.5, 0.6) is 11.5 Å². The van der Waals surface area contributed by atoms with E-state index >= 15 is 0 Å². The van der Waals surface area contributed by atoms with E-state index in [1.54, 1.807) is 25.3 Å². The van der Waals surface area contributed by atoms with Crippen molar-refractivity contribution in [1.29, 1.82) is 0 Å². The molecule has 0 aliphatic heterocycles. The Bertz CT molecular complexity index is 720. The summed E-state index contributed by atoms with van der Waals surface area (Å²) in [6, 6.07) is 12.7. The topological polar surface area (TPSA) is 59.6 Å². The fourth-order valence-corrected chi connectivity index (χ4v) is 2.78. The monoisotopic (exact) mass is 390 g/mol. The highest BCUT2D eigenvalue weighted by Crippen LogP contribution is 2.27. The minimum Gasteiger partial charge on any atom is -0.495 e. The maximum absolute atomic E-state index is 12.1. The molecule has 0 fully saturated rings. The Hall–Kier alpha value is -2.40. The van der Waals surface area contributed by atoms with Gasteiger partial charge in [0, 0.05) is 11.4 Å². The standard InChI is InChI=1S/C21H27ClN2O3/c1-3-4-5-6-13-27-18-10-7-16(8-11-18)23-15-21(25)24-17-9-12-20(26-2)19(22)14-17/h7-12,14,23H,3-6,13,15H2,1-2H3,(H,24,25). The van der Waals surface area contributed by atoms with Crippen LogP contribution in [0.1, 0.15) is 32.6 Å². The Kier molecular flexibility index (Phi) is 8.78. The van der Waals surface area contributed by atoms with E-state index in [2.05, 4.69) is 17.6 Å². The van der Waals surface area contributed by atoms with Gasteiger partial charge in [0.25, 0.3) is 0 Å². The van der Waals surface area contributed by atoms with Gasteiger partial charge in [0.2, 0.25) is 5.91 Å². The van der Waals surface area contributed by atoms with Crippen LogP contribution in [0.15, 0.2) is 42.5 Å². The Labute approximate surface area is 166 Å². The molecule has 6 heteroatoms. The van der Waals surface area contributed by atoms with Gasteiger partial charge in [-0.25, -0.2) is 0 Å². The summed E-state index contributed by atoms with van der Waals surface area (Å²) in [5, 5.41) is 6.33. The van der Waals surface area contributed by atoms with Gasteiger partial charge < -0.3 is 20.1 Å². The number of anilines is 2. The van der Waals surface area contributed by atoms with Crippen molar-refractivity contribution in [3.63, 3.8) is 0 Å². The molecule has 0 radical (unpaired) electrons. The lowest BCUT2D eigenvalue weighted by molar-refractivity contribution is -0.114.